The maximum absolute atomic E-state index is 13.3. The first-order valence-electron chi connectivity index (χ1n) is 8.82. The number of nitrogens with zero attached hydrogens (tertiary/aromatic N) is 2. The topological polar surface area (TPSA) is 77.5 Å². The number of carbonyl (C=O) groups is 1. The lowest BCUT2D eigenvalue weighted by Gasteiger charge is -2.34. The van der Waals surface area contributed by atoms with E-state index in [0.29, 0.717) is 16.9 Å². The van der Waals surface area contributed by atoms with Crippen LogP contribution in [0.4, 0.5) is 19.3 Å². The average Bonchev–Trinajstić information content (AvgIpc) is 2.67. The summed E-state index contributed by atoms with van der Waals surface area (Å²) in [5.74, 6) is -1.34. The third-order valence-corrected chi connectivity index (χ3v) is 4.92. The number of nitrogens with one attached hydrogen (secondary N) is 2. The second-order valence-corrected chi connectivity index (χ2v) is 6.77. The average molecular weight is 376 g/mol. The first kappa shape index (κ1) is 19.2. The van der Waals surface area contributed by atoms with Crippen LogP contribution in [0, 0.1) is 11.6 Å². The van der Waals surface area contributed by atoms with Crippen LogP contribution in [-0.4, -0.2) is 40.3 Å². The molecule has 2 aromatic rings. The molecule has 3 rings (SSSR count). The normalized spacial score (nSPS) is 19.6. The van der Waals surface area contributed by atoms with Crippen molar-refractivity contribution in [3.8, 4) is 11.3 Å². The Morgan fingerprint density at radius 3 is 2.37 bits per heavy atom. The van der Waals surface area contributed by atoms with Gasteiger partial charge in [-0.3, -0.25) is 4.98 Å². The van der Waals surface area contributed by atoms with Crippen LogP contribution in [0.3, 0.4) is 0 Å². The molecule has 8 heteroatoms. The Morgan fingerprint density at radius 1 is 1.15 bits per heavy atom. The fraction of sp³-hybridized carbons (Fsp3) is 0.368. The van der Waals surface area contributed by atoms with Crippen molar-refractivity contribution in [2.75, 3.05) is 12.4 Å². The van der Waals surface area contributed by atoms with Crippen LogP contribution >= 0.6 is 0 Å². The quantitative estimate of drug-likeness (QED) is 0.710. The van der Waals surface area contributed by atoms with Gasteiger partial charge in [0.2, 0.25) is 0 Å². The second-order valence-electron chi connectivity index (χ2n) is 6.77. The molecule has 0 bridgehead atoms. The van der Waals surface area contributed by atoms with Gasteiger partial charge in [0.05, 0.1) is 17.6 Å². The first-order chi connectivity index (χ1) is 13.0. The molecule has 0 atom stereocenters. The van der Waals surface area contributed by atoms with Crippen LogP contribution < -0.4 is 10.8 Å². The Morgan fingerprint density at radius 2 is 1.81 bits per heavy atom. The molecule has 3 N–H and O–H groups in total. The molecule has 1 saturated carbocycles. The van der Waals surface area contributed by atoms with Crippen molar-refractivity contribution in [1.82, 2.24) is 15.4 Å². The van der Waals surface area contributed by atoms with Gasteiger partial charge < -0.3 is 15.4 Å². The van der Waals surface area contributed by atoms with Crippen molar-refractivity contribution in [2.45, 2.75) is 37.8 Å². The molecule has 0 spiro atoms. The van der Waals surface area contributed by atoms with E-state index in [0.717, 1.165) is 31.7 Å². The molecule has 144 valence electrons. The Bertz CT molecular complexity index is 773. The predicted molar refractivity (Wildman–Crippen MR) is 97.3 cm³/mol. The van der Waals surface area contributed by atoms with Gasteiger partial charge in [0.15, 0.2) is 0 Å². The fourth-order valence-corrected chi connectivity index (χ4v) is 3.31. The summed E-state index contributed by atoms with van der Waals surface area (Å²) in [6.45, 7) is 0. The molecular formula is C19H22F2N4O2. The molecule has 0 aliphatic heterocycles. The third kappa shape index (κ3) is 4.78. The van der Waals surface area contributed by atoms with Crippen LogP contribution in [0.15, 0.2) is 36.5 Å². The van der Waals surface area contributed by atoms with Crippen molar-refractivity contribution >= 4 is 11.7 Å². The van der Waals surface area contributed by atoms with E-state index in [1.807, 2.05) is 0 Å². The van der Waals surface area contributed by atoms with Gasteiger partial charge in [0, 0.05) is 30.8 Å². The zero-order chi connectivity index (χ0) is 19.4. The van der Waals surface area contributed by atoms with Gasteiger partial charge in [0.25, 0.3) is 0 Å². The second kappa shape index (κ2) is 8.41. The lowest BCUT2D eigenvalue weighted by Crippen LogP contribution is -2.44. The number of rotatable bonds is 4. The number of carbonyl (C=O) groups excluding carboxylic acids is 1. The standard InChI is InChI=1S/C19H22F2N4O2/c1-25(17-5-2-15(24-27)3-6-17)19(26)23-16-4-7-18(22-11-16)12-8-13(20)10-14(21)9-12/h4,7-11,15,17,24,27H,2-3,5-6H2,1H3,(H,23,26). The number of hydroxylamine groups is 1. The summed E-state index contributed by atoms with van der Waals surface area (Å²) in [4.78, 5) is 18.3. The van der Waals surface area contributed by atoms with E-state index in [1.165, 1.54) is 18.3 Å². The minimum Gasteiger partial charge on any atom is -0.325 e. The number of benzene rings is 1. The summed E-state index contributed by atoms with van der Waals surface area (Å²) in [7, 11) is 1.74. The maximum atomic E-state index is 13.3. The molecule has 1 aliphatic carbocycles. The molecule has 0 saturated heterocycles. The number of urea groups is 1. The number of aromatic nitrogens is 1. The van der Waals surface area contributed by atoms with Gasteiger partial charge in [-0.25, -0.2) is 19.1 Å². The van der Waals surface area contributed by atoms with Gasteiger partial charge in [-0.05, 0) is 49.9 Å². The summed E-state index contributed by atoms with van der Waals surface area (Å²) in [5, 5.41) is 11.7. The van der Waals surface area contributed by atoms with E-state index in [-0.39, 0.29) is 18.1 Å². The fourth-order valence-electron chi connectivity index (χ4n) is 3.31. The highest BCUT2D eigenvalue weighted by molar-refractivity contribution is 5.89. The molecule has 0 unspecified atom stereocenters. The van der Waals surface area contributed by atoms with Crippen molar-refractivity contribution in [1.29, 1.82) is 0 Å². The minimum absolute atomic E-state index is 0.0853. The van der Waals surface area contributed by atoms with E-state index in [4.69, 9.17) is 5.21 Å². The van der Waals surface area contributed by atoms with E-state index in [9.17, 15) is 13.6 Å². The zero-order valence-electron chi connectivity index (χ0n) is 15.0. The maximum Gasteiger partial charge on any atom is 0.321 e. The SMILES string of the molecule is CN(C(=O)Nc1ccc(-c2cc(F)cc(F)c2)nc1)C1CCC(NO)CC1. The van der Waals surface area contributed by atoms with Gasteiger partial charge >= 0.3 is 6.03 Å². The number of pyridine rings is 1. The predicted octanol–water partition coefficient (Wildman–Crippen LogP) is 3.78. The van der Waals surface area contributed by atoms with E-state index in [1.54, 1.807) is 24.1 Å². The largest absolute Gasteiger partial charge is 0.325 e. The van der Waals surface area contributed by atoms with Crippen molar-refractivity contribution in [2.24, 2.45) is 0 Å². The van der Waals surface area contributed by atoms with Gasteiger partial charge in [-0.15, -0.1) is 0 Å². The molecule has 1 fully saturated rings. The molecule has 1 heterocycles. The minimum atomic E-state index is -0.670. The number of hydrogen-bond acceptors (Lipinski definition) is 4. The highest BCUT2D eigenvalue weighted by atomic mass is 19.1. The lowest BCUT2D eigenvalue weighted by atomic mass is 9.91. The van der Waals surface area contributed by atoms with Gasteiger partial charge in [-0.2, -0.15) is 0 Å². The highest BCUT2D eigenvalue weighted by Gasteiger charge is 2.26. The molecule has 2 amide bonds. The number of amides is 2. The molecule has 1 aromatic heterocycles. The first-order valence-corrected chi connectivity index (χ1v) is 8.82. The Hall–Kier alpha value is -2.58. The summed E-state index contributed by atoms with van der Waals surface area (Å²) in [5.41, 5.74) is 3.52. The smallest absolute Gasteiger partial charge is 0.321 e. The van der Waals surface area contributed by atoms with Crippen LogP contribution in [0.25, 0.3) is 11.3 Å². The van der Waals surface area contributed by atoms with Crippen molar-refractivity contribution in [3.05, 3.63) is 48.2 Å². The molecule has 27 heavy (non-hydrogen) atoms. The lowest BCUT2D eigenvalue weighted by molar-refractivity contribution is 0.0901. The molecule has 0 radical (unpaired) electrons. The van der Waals surface area contributed by atoms with Crippen molar-refractivity contribution < 1.29 is 18.8 Å². The summed E-state index contributed by atoms with van der Waals surface area (Å²) < 4.78 is 26.7. The van der Waals surface area contributed by atoms with Crippen LogP contribution in [0.1, 0.15) is 25.7 Å². The van der Waals surface area contributed by atoms with Crippen molar-refractivity contribution in [3.63, 3.8) is 0 Å². The molecule has 1 aromatic carbocycles. The van der Waals surface area contributed by atoms with E-state index >= 15 is 0 Å². The zero-order valence-corrected chi connectivity index (χ0v) is 15.0. The number of anilines is 1. The monoisotopic (exact) mass is 376 g/mol. The van der Waals surface area contributed by atoms with E-state index in [2.05, 4.69) is 15.8 Å². The van der Waals surface area contributed by atoms with Crippen LogP contribution in [0.5, 0.6) is 0 Å². The number of halogens is 2. The molecular weight excluding hydrogens is 354 g/mol. The van der Waals surface area contributed by atoms with E-state index < -0.39 is 11.6 Å². The summed E-state index contributed by atoms with van der Waals surface area (Å²) >= 11 is 0. The summed E-state index contributed by atoms with van der Waals surface area (Å²) in [6.07, 6.45) is 4.68. The Labute approximate surface area is 156 Å². The highest BCUT2D eigenvalue weighted by Crippen LogP contribution is 2.24. The summed E-state index contributed by atoms with van der Waals surface area (Å²) in [6, 6.07) is 6.40. The Balaban J connectivity index is 1.61. The van der Waals surface area contributed by atoms with Gasteiger partial charge in [0.1, 0.15) is 11.6 Å². The third-order valence-electron chi connectivity index (χ3n) is 4.92. The van der Waals surface area contributed by atoms with Crippen LogP contribution in [-0.2, 0) is 0 Å². The molecule has 6 nitrogen and oxygen atoms in total. The molecule has 1 aliphatic rings. The van der Waals surface area contributed by atoms with Crippen LogP contribution in [0.2, 0.25) is 0 Å². The van der Waals surface area contributed by atoms with Gasteiger partial charge in [-0.1, -0.05) is 0 Å². The Kier molecular flexibility index (Phi) is 5.98. The number of hydrogen-bond donors (Lipinski definition) is 3.